The lowest BCUT2D eigenvalue weighted by atomic mass is 10.1. The summed E-state index contributed by atoms with van der Waals surface area (Å²) in [6.07, 6.45) is 1.70. The number of rotatable bonds is 8. The Bertz CT molecular complexity index is 486. The van der Waals surface area contributed by atoms with Gasteiger partial charge in [-0.05, 0) is 25.4 Å². The molecule has 1 aliphatic heterocycles. The highest BCUT2D eigenvalue weighted by Crippen LogP contribution is 2.27. The molecule has 0 unspecified atom stereocenters. The normalized spacial score (nSPS) is 18.6. The van der Waals surface area contributed by atoms with Crippen LogP contribution in [0, 0.1) is 0 Å². The van der Waals surface area contributed by atoms with E-state index < -0.39 is 0 Å². The van der Waals surface area contributed by atoms with Crippen LogP contribution in [-0.4, -0.2) is 68.2 Å². The topological polar surface area (TPSA) is 44.8 Å². The molecule has 1 aliphatic rings. The summed E-state index contributed by atoms with van der Waals surface area (Å²) in [4.78, 5) is 18.1. The van der Waals surface area contributed by atoms with Crippen LogP contribution in [0.3, 0.4) is 0 Å². The van der Waals surface area contributed by atoms with Crippen LogP contribution >= 0.6 is 11.3 Å². The SMILES string of the molecule is C=CCNC(=O)[C@@H](C)N(C)C[C@@H](c1cccs1)N1CCOCC1. The minimum Gasteiger partial charge on any atom is -0.379 e. The molecule has 1 fully saturated rings. The predicted octanol–water partition coefficient (Wildman–Crippen LogP) is 1.74. The molecule has 0 radical (unpaired) electrons. The molecule has 0 saturated carbocycles. The molecule has 1 N–H and O–H groups in total. The second-order valence-electron chi connectivity index (χ2n) is 5.83. The highest BCUT2D eigenvalue weighted by Gasteiger charge is 2.27. The zero-order chi connectivity index (χ0) is 16.7. The fourth-order valence-corrected chi connectivity index (χ4v) is 3.56. The van der Waals surface area contributed by atoms with Gasteiger partial charge in [-0.3, -0.25) is 14.6 Å². The van der Waals surface area contributed by atoms with E-state index in [4.69, 9.17) is 4.74 Å². The van der Waals surface area contributed by atoms with Gasteiger partial charge in [0.25, 0.3) is 0 Å². The highest BCUT2D eigenvalue weighted by atomic mass is 32.1. The average Bonchev–Trinajstić information content (AvgIpc) is 3.11. The van der Waals surface area contributed by atoms with Crippen molar-refractivity contribution in [3.8, 4) is 0 Å². The lowest BCUT2D eigenvalue weighted by Gasteiger charge is -2.37. The van der Waals surface area contributed by atoms with Gasteiger partial charge in [0.15, 0.2) is 0 Å². The highest BCUT2D eigenvalue weighted by molar-refractivity contribution is 7.10. The monoisotopic (exact) mass is 337 g/mol. The van der Waals surface area contributed by atoms with E-state index in [1.807, 2.05) is 14.0 Å². The predicted molar refractivity (Wildman–Crippen MR) is 94.8 cm³/mol. The first kappa shape index (κ1) is 18.1. The van der Waals surface area contributed by atoms with Crippen LogP contribution in [0.2, 0.25) is 0 Å². The van der Waals surface area contributed by atoms with Gasteiger partial charge in [-0.25, -0.2) is 0 Å². The number of ether oxygens (including phenoxy) is 1. The minimum absolute atomic E-state index is 0.0410. The molecule has 1 aromatic heterocycles. The van der Waals surface area contributed by atoms with Crippen molar-refractivity contribution in [3.05, 3.63) is 35.0 Å². The van der Waals surface area contributed by atoms with Crippen LogP contribution in [0.25, 0.3) is 0 Å². The minimum atomic E-state index is -0.168. The largest absolute Gasteiger partial charge is 0.379 e. The Hall–Kier alpha value is -1.21. The molecule has 0 spiro atoms. The standard InChI is InChI=1S/C17H27N3O2S/c1-4-7-18-17(21)14(2)19(3)13-15(16-6-5-12-23-16)20-8-10-22-11-9-20/h4-6,12,14-15H,1,7-11,13H2,2-3H3,(H,18,21)/t14-,15+/m1/s1. The van der Waals surface area contributed by atoms with Crippen molar-refractivity contribution in [1.29, 1.82) is 0 Å². The Morgan fingerprint density at radius 2 is 2.30 bits per heavy atom. The van der Waals surface area contributed by atoms with Gasteiger partial charge in [0, 0.05) is 31.1 Å². The van der Waals surface area contributed by atoms with Crippen molar-refractivity contribution < 1.29 is 9.53 Å². The van der Waals surface area contributed by atoms with Gasteiger partial charge in [-0.15, -0.1) is 17.9 Å². The number of morpholine rings is 1. The fourth-order valence-electron chi connectivity index (χ4n) is 2.71. The number of carbonyl (C=O) groups is 1. The second kappa shape index (κ2) is 9.17. The van der Waals surface area contributed by atoms with Crippen molar-refractivity contribution in [2.45, 2.75) is 19.0 Å². The molecule has 0 aliphatic carbocycles. The number of nitrogens with zero attached hydrogens (tertiary/aromatic N) is 2. The first-order valence-electron chi connectivity index (χ1n) is 8.07. The van der Waals surface area contributed by atoms with Crippen molar-refractivity contribution in [3.63, 3.8) is 0 Å². The van der Waals surface area contributed by atoms with Gasteiger partial charge in [-0.1, -0.05) is 12.1 Å². The summed E-state index contributed by atoms with van der Waals surface area (Å²) in [6, 6.07) is 4.41. The Balaban J connectivity index is 2.01. The molecular formula is C17H27N3O2S. The first-order chi connectivity index (χ1) is 11.1. The number of amides is 1. The van der Waals surface area contributed by atoms with Crippen LogP contribution in [-0.2, 0) is 9.53 Å². The molecule has 0 bridgehead atoms. The molecule has 2 atom stereocenters. The van der Waals surface area contributed by atoms with Gasteiger partial charge < -0.3 is 10.1 Å². The third kappa shape index (κ3) is 5.14. The van der Waals surface area contributed by atoms with Crippen LogP contribution in [0.1, 0.15) is 17.8 Å². The summed E-state index contributed by atoms with van der Waals surface area (Å²) in [5.74, 6) is 0.0410. The summed E-state index contributed by atoms with van der Waals surface area (Å²) in [6.45, 7) is 10.3. The summed E-state index contributed by atoms with van der Waals surface area (Å²) < 4.78 is 5.48. The van der Waals surface area contributed by atoms with E-state index in [2.05, 4.69) is 39.2 Å². The van der Waals surface area contributed by atoms with Crippen molar-refractivity contribution >= 4 is 17.2 Å². The van der Waals surface area contributed by atoms with E-state index in [-0.39, 0.29) is 11.9 Å². The molecule has 1 saturated heterocycles. The summed E-state index contributed by atoms with van der Waals surface area (Å²) in [7, 11) is 2.01. The van der Waals surface area contributed by atoms with E-state index in [0.29, 0.717) is 12.6 Å². The second-order valence-corrected chi connectivity index (χ2v) is 6.81. The Kier molecular flexibility index (Phi) is 7.23. The number of nitrogens with one attached hydrogen (secondary N) is 1. The third-order valence-electron chi connectivity index (χ3n) is 4.28. The van der Waals surface area contributed by atoms with Crippen LogP contribution in [0.4, 0.5) is 0 Å². The van der Waals surface area contributed by atoms with Gasteiger partial charge in [0.1, 0.15) is 0 Å². The molecule has 2 heterocycles. The molecule has 23 heavy (non-hydrogen) atoms. The molecule has 5 nitrogen and oxygen atoms in total. The summed E-state index contributed by atoms with van der Waals surface area (Å²) in [5, 5.41) is 4.98. The number of hydrogen-bond donors (Lipinski definition) is 1. The summed E-state index contributed by atoms with van der Waals surface area (Å²) >= 11 is 1.78. The fraction of sp³-hybridized carbons (Fsp3) is 0.588. The number of carbonyl (C=O) groups excluding carboxylic acids is 1. The summed E-state index contributed by atoms with van der Waals surface area (Å²) in [5.41, 5.74) is 0. The van der Waals surface area contributed by atoms with Gasteiger partial charge in [0.2, 0.25) is 5.91 Å². The van der Waals surface area contributed by atoms with Gasteiger partial charge >= 0.3 is 0 Å². The number of likely N-dealkylation sites (N-methyl/N-ethyl adjacent to an activating group) is 1. The van der Waals surface area contributed by atoms with E-state index in [1.54, 1.807) is 17.4 Å². The number of thiophene rings is 1. The van der Waals surface area contributed by atoms with Gasteiger partial charge in [0.05, 0.1) is 25.3 Å². The lowest BCUT2D eigenvalue weighted by Crippen LogP contribution is -2.48. The zero-order valence-corrected chi connectivity index (χ0v) is 14.8. The average molecular weight is 337 g/mol. The molecule has 6 heteroatoms. The zero-order valence-electron chi connectivity index (χ0n) is 14.0. The lowest BCUT2D eigenvalue weighted by molar-refractivity contribution is -0.125. The smallest absolute Gasteiger partial charge is 0.237 e. The van der Waals surface area contributed by atoms with Crippen LogP contribution in [0.15, 0.2) is 30.2 Å². The third-order valence-corrected chi connectivity index (χ3v) is 5.25. The van der Waals surface area contributed by atoms with Crippen LogP contribution in [0.5, 0.6) is 0 Å². The van der Waals surface area contributed by atoms with E-state index >= 15 is 0 Å². The van der Waals surface area contributed by atoms with E-state index in [0.717, 1.165) is 32.8 Å². The Morgan fingerprint density at radius 3 is 2.91 bits per heavy atom. The van der Waals surface area contributed by atoms with Crippen LogP contribution < -0.4 is 5.32 Å². The Morgan fingerprint density at radius 1 is 1.57 bits per heavy atom. The maximum atomic E-state index is 12.2. The molecule has 1 amide bonds. The maximum Gasteiger partial charge on any atom is 0.237 e. The molecule has 0 aromatic carbocycles. The molecule has 1 aromatic rings. The molecule has 2 rings (SSSR count). The van der Waals surface area contributed by atoms with E-state index in [1.165, 1.54) is 4.88 Å². The van der Waals surface area contributed by atoms with Gasteiger partial charge in [-0.2, -0.15) is 0 Å². The Labute approximate surface area is 142 Å². The quantitative estimate of drug-likeness (QED) is 0.734. The number of hydrogen-bond acceptors (Lipinski definition) is 5. The molecular weight excluding hydrogens is 310 g/mol. The molecule has 128 valence electrons. The van der Waals surface area contributed by atoms with E-state index in [9.17, 15) is 4.79 Å². The van der Waals surface area contributed by atoms with Crippen molar-refractivity contribution in [2.75, 3.05) is 46.4 Å². The van der Waals surface area contributed by atoms with Crippen molar-refractivity contribution in [1.82, 2.24) is 15.1 Å². The van der Waals surface area contributed by atoms with Crippen molar-refractivity contribution in [2.24, 2.45) is 0 Å². The maximum absolute atomic E-state index is 12.2. The first-order valence-corrected chi connectivity index (χ1v) is 8.95.